The average molecular weight is 402 g/mol. The van der Waals surface area contributed by atoms with Gasteiger partial charge in [0.25, 0.3) is 0 Å². The number of carbonyl (C=O) groups excluding carboxylic acids is 1. The maximum absolute atomic E-state index is 13.5. The molecule has 152 valence electrons. The Bertz CT molecular complexity index is 1160. The first-order valence-electron chi connectivity index (χ1n) is 9.98. The number of anilines is 1. The Balaban J connectivity index is 1.64. The predicted molar refractivity (Wildman–Crippen MR) is 112 cm³/mol. The summed E-state index contributed by atoms with van der Waals surface area (Å²) in [6.45, 7) is 1.89. The molecule has 2 heterocycles. The van der Waals surface area contributed by atoms with E-state index in [4.69, 9.17) is 9.26 Å². The van der Waals surface area contributed by atoms with Crippen LogP contribution in [0.15, 0.2) is 64.3 Å². The zero-order valence-corrected chi connectivity index (χ0v) is 16.8. The number of aryl methyl sites for hydroxylation is 1. The molecule has 1 aliphatic heterocycles. The van der Waals surface area contributed by atoms with E-state index in [1.54, 1.807) is 19.2 Å². The van der Waals surface area contributed by atoms with E-state index in [0.29, 0.717) is 18.7 Å². The fourth-order valence-corrected chi connectivity index (χ4v) is 4.67. The zero-order chi connectivity index (χ0) is 20.8. The van der Waals surface area contributed by atoms with E-state index in [-0.39, 0.29) is 23.4 Å². The van der Waals surface area contributed by atoms with E-state index in [1.165, 1.54) is 0 Å². The predicted octanol–water partition coefficient (Wildman–Crippen LogP) is 4.66. The fourth-order valence-electron chi connectivity index (χ4n) is 4.67. The summed E-state index contributed by atoms with van der Waals surface area (Å²) >= 11 is 0. The number of nitrogens with zero attached hydrogens (tertiary/aromatic N) is 1. The Morgan fingerprint density at radius 2 is 1.90 bits per heavy atom. The van der Waals surface area contributed by atoms with Gasteiger partial charge >= 0.3 is 0 Å². The number of carbonyl (C=O) groups is 1. The minimum atomic E-state index is -0.285. The van der Waals surface area contributed by atoms with Crippen LogP contribution in [0.2, 0.25) is 0 Å². The Kier molecular flexibility index (Phi) is 4.35. The van der Waals surface area contributed by atoms with Gasteiger partial charge in [-0.05, 0) is 43.0 Å². The molecule has 2 N–H and O–H groups in total. The van der Waals surface area contributed by atoms with Crippen LogP contribution < -0.4 is 10.1 Å². The number of hydrogen-bond acceptors (Lipinski definition) is 6. The first kappa shape index (κ1) is 18.5. The summed E-state index contributed by atoms with van der Waals surface area (Å²) in [7, 11) is 1.64. The lowest BCUT2D eigenvalue weighted by Crippen LogP contribution is -2.29. The third kappa shape index (κ3) is 2.87. The van der Waals surface area contributed by atoms with Gasteiger partial charge in [-0.2, -0.15) is 0 Å². The van der Waals surface area contributed by atoms with Crippen LogP contribution in [0, 0.1) is 6.92 Å². The smallest absolute Gasteiger partial charge is 0.233 e. The van der Waals surface area contributed by atoms with Gasteiger partial charge in [-0.25, -0.2) is 0 Å². The largest absolute Gasteiger partial charge is 0.508 e. The highest BCUT2D eigenvalue weighted by atomic mass is 16.5. The minimum Gasteiger partial charge on any atom is -0.508 e. The first-order valence-corrected chi connectivity index (χ1v) is 9.98. The highest BCUT2D eigenvalue weighted by Gasteiger charge is 2.42. The van der Waals surface area contributed by atoms with Crippen molar-refractivity contribution < 1.29 is 19.2 Å². The standard InChI is InChI=1S/C24H22N2O4/c1-13-21-22(17-5-3-4-6-20(17)29-2)23-18(25-24(21)30-26-13)11-15(12-19(23)28)14-7-9-16(27)10-8-14/h3-10,15,22,25,27H,11-12H2,1-2H3/t15-,22-/m1/s1. The summed E-state index contributed by atoms with van der Waals surface area (Å²) in [6, 6.07) is 14.9. The first-order chi connectivity index (χ1) is 14.6. The number of aromatic hydroxyl groups is 1. The monoisotopic (exact) mass is 402 g/mol. The molecule has 3 aromatic rings. The van der Waals surface area contributed by atoms with Crippen molar-refractivity contribution in [3.8, 4) is 11.5 Å². The summed E-state index contributed by atoms with van der Waals surface area (Å²) in [6.07, 6.45) is 1.09. The molecule has 0 saturated heterocycles. The second kappa shape index (κ2) is 7.06. The van der Waals surface area contributed by atoms with Gasteiger partial charge < -0.3 is 19.7 Å². The highest BCUT2D eigenvalue weighted by Crippen LogP contribution is 2.50. The topological polar surface area (TPSA) is 84.6 Å². The number of ether oxygens (including phenoxy) is 1. The molecule has 30 heavy (non-hydrogen) atoms. The van der Waals surface area contributed by atoms with Crippen LogP contribution >= 0.6 is 0 Å². The number of Topliss-reactive ketones (excluding diaryl/α,β-unsaturated/α-hetero) is 1. The second-order valence-corrected chi connectivity index (χ2v) is 7.82. The van der Waals surface area contributed by atoms with Gasteiger partial charge in [0.1, 0.15) is 11.5 Å². The Morgan fingerprint density at radius 1 is 1.13 bits per heavy atom. The average Bonchev–Trinajstić information content (AvgIpc) is 3.13. The SMILES string of the molecule is COc1ccccc1[C@H]1C2=C(C[C@@H](c3ccc(O)cc3)CC2=O)Nc2onc(C)c21. The van der Waals surface area contributed by atoms with Crippen molar-refractivity contribution in [1.82, 2.24) is 5.16 Å². The molecule has 0 unspecified atom stereocenters. The summed E-state index contributed by atoms with van der Waals surface area (Å²) < 4.78 is 11.2. The molecule has 2 aromatic carbocycles. The van der Waals surface area contributed by atoms with E-state index in [0.717, 1.165) is 39.4 Å². The van der Waals surface area contributed by atoms with Crippen LogP contribution in [0.1, 0.15) is 47.1 Å². The quantitative estimate of drug-likeness (QED) is 0.663. The lowest BCUT2D eigenvalue weighted by molar-refractivity contribution is -0.116. The van der Waals surface area contributed by atoms with Crippen molar-refractivity contribution in [2.24, 2.45) is 0 Å². The van der Waals surface area contributed by atoms with Crippen LogP contribution in [-0.4, -0.2) is 23.2 Å². The van der Waals surface area contributed by atoms with Gasteiger partial charge in [0, 0.05) is 23.3 Å². The van der Waals surface area contributed by atoms with E-state index in [1.807, 2.05) is 43.3 Å². The molecule has 0 fully saturated rings. The second-order valence-electron chi connectivity index (χ2n) is 7.82. The zero-order valence-electron chi connectivity index (χ0n) is 16.8. The summed E-state index contributed by atoms with van der Waals surface area (Å²) in [5.74, 6) is 1.39. The van der Waals surface area contributed by atoms with Crippen molar-refractivity contribution in [3.05, 3.63) is 82.2 Å². The molecule has 0 radical (unpaired) electrons. The number of hydrogen-bond donors (Lipinski definition) is 2. The number of benzene rings is 2. The van der Waals surface area contributed by atoms with Gasteiger partial charge in [0.05, 0.1) is 24.3 Å². The molecule has 0 bridgehead atoms. The minimum absolute atomic E-state index is 0.0354. The van der Waals surface area contributed by atoms with Crippen molar-refractivity contribution >= 4 is 11.7 Å². The van der Waals surface area contributed by atoms with Gasteiger partial charge in [-0.1, -0.05) is 35.5 Å². The Labute approximate surface area is 174 Å². The van der Waals surface area contributed by atoms with Crippen LogP contribution in [0.5, 0.6) is 11.5 Å². The van der Waals surface area contributed by atoms with Gasteiger partial charge in [0.2, 0.25) is 5.88 Å². The van der Waals surface area contributed by atoms with Crippen molar-refractivity contribution in [2.75, 3.05) is 12.4 Å². The molecule has 0 saturated carbocycles. The molecule has 2 atom stereocenters. The molecule has 0 amide bonds. The summed E-state index contributed by atoms with van der Waals surface area (Å²) in [5, 5.41) is 17.1. The van der Waals surface area contributed by atoms with Crippen molar-refractivity contribution in [1.29, 1.82) is 0 Å². The van der Waals surface area contributed by atoms with Gasteiger partial charge in [-0.3, -0.25) is 4.79 Å². The van der Waals surface area contributed by atoms with Crippen LogP contribution in [0.3, 0.4) is 0 Å². The van der Waals surface area contributed by atoms with Crippen LogP contribution in [0.4, 0.5) is 5.88 Å². The number of phenols is 1. The number of allylic oxidation sites excluding steroid dienone is 2. The number of aromatic nitrogens is 1. The maximum atomic E-state index is 13.5. The number of ketones is 1. The Hall–Kier alpha value is -3.54. The molecule has 1 aliphatic carbocycles. The van der Waals surface area contributed by atoms with E-state index < -0.39 is 0 Å². The molecule has 1 aromatic heterocycles. The number of para-hydroxylation sites is 1. The molecular formula is C24H22N2O4. The normalized spacial score (nSPS) is 20.4. The molecule has 6 nitrogen and oxygen atoms in total. The van der Waals surface area contributed by atoms with Gasteiger partial charge in [0.15, 0.2) is 5.78 Å². The number of nitrogens with one attached hydrogen (secondary N) is 1. The lowest BCUT2D eigenvalue weighted by atomic mass is 9.72. The highest BCUT2D eigenvalue weighted by molar-refractivity contribution is 6.01. The van der Waals surface area contributed by atoms with E-state index in [2.05, 4.69) is 10.5 Å². The number of fused-ring (bicyclic) bond motifs is 1. The summed E-state index contributed by atoms with van der Waals surface area (Å²) in [5.41, 5.74) is 5.22. The van der Waals surface area contributed by atoms with Crippen LogP contribution in [-0.2, 0) is 4.79 Å². The lowest BCUT2D eigenvalue weighted by Gasteiger charge is -2.34. The number of phenolic OH excluding ortho intramolecular Hbond substituents is 1. The molecule has 5 rings (SSSR count). The van der Waals surface area contributed by atoms with E-state index >= 15 is 0 Å². The summed E-state index contributed by atoms with van der Waals surface area (Å²) in [4.78, 5) is 13.5. The maximum Gasteiger partial charge on any atom is 0.233 e. The van der Waals surface area contributed by atoms with Crippen LogP contribution in [0.25, 0.3) is 0 Å². The van der Waals surface area contributed by atoms with Crippen molar-refractivity contribution in [3.63, 3.8) is 0 Å². The molecule has 6 heteroatoms. The molecule has 0 spiro atoms. The molecule has 2 aliphatic rings. The third-order valence-corrected chi connectivity index (χ3v) is 6.07. The third-order valence-electron chi connectivity index (χ3n) is 6.07. The fraction of sp³-hybridized carbons (Fsp3) is 0.250. The van der Waals surface area contributed by atoms with E-state index in [9.17, 15) is 9.90 Å². The number of methoxy groups -OCH3 is 1. The molecular weight excluding hydrogens is 380 g/mol. The number of rotatable bonds is 3. The van der Waals surface area contributed by atoms with Gasteiger partial charge in [-0.15, -0.1) is 0 Å². The van der Waals surface area contributed by atoms with Crippen molar-refractivity contribution in [2.45, 2.75) is 31.6 Å². The Morgan fingerprint density at radius 3 is 2.67 bits per heavy atom.